The monoisotopic (exact) mass is 338 g/mol. The second-order valence-corrected chi connectivity index (χ2v) is 6.66. The summed E-state index contributed by atoms with van der Waals surface area (Å²) in [6.45, 7) is 0. The molecule has 0 aromatic heterocycles. The van der Waals surface area contributed by atoms with Crippen molar-refractivity contribution < 1.29 is 9.59 Å². The van der Waals surface area contributed by atoms with Crippen LogP contribution in [-0.4, -0.2) is 21.0 Å². The van der Waals surface area contributed by atoms with Crippen LogP contribution >= 0.6 is 31.9 Å². The Morgan fingerprint density at radius 1 is 1.27 bits per heavy atom. The highest BCUT2D eigenvalue weighted by Crippen LogP contribution is 2.65. The van der Waals surface area contributed by atoms with E-state index in [2.05, 4.69) is 31.9 Å². The van der Waals surface area contributed by atoms with Crippen molar-refractivity contribution in [3.63, 3.8) is 0 Å². The number of carbonyl (C=O) groups excluding carboxylic acids is 2. The molecule has 6 heteroatoms. The number of halogens is 2. The van der Waals surface area contributed by atoms with Gasteiger partial charge in [-0.15, -0.1) is 0 Å². The summed E-state index contributed by atoms with van der Waals surface area (Å²) in [5.41, 5.74) is 10.0. The minimum atomic E-state index is -1.02. The quantitative estimate of drug-likeness (QED) is 0.724. The summed E-state index contributed by atoms with van der Waals surface area (Å²) in [7, 11) is 0. The first kappa shape index (κ1) is 11.4. The zero-order chi connectivity index (χ0) is 11.4. The summed E-state index contributed by atoms with van der Waals surface area (Å²) in [6.07, 6.45) is 2.20. The van der Waals surface area contributed by atoms with E-state index in [0.717, 1.165) is 6.42 Å². The van der Waals surface area contributed by atoms with E-state index in [1.807, 2.05) is 0 Å². The lowest BCUT2D eigenvalue weighted by molar-refractivity contribution is -0.134. The Bertz CT molecular complexity index is 335. The predicted molar refractivity (Wildman–Crippen MR) is 62.5 cm³/mol. The fourth-order valence-electron chi connectivity index (χ4n) is 3.03. The topological polar surface area (TPSA) is 86.2 Å². The standard InChI is InChI=1S/C9H12Br2N2O2/c10-5-4-1-2-8(3-4,6(12)14)9(5,11)7(13)15/h4-5H,1-3H2,(H2,12,14)(H2,13,15). The maximum atomic E-state index is 11.6. The molecule has 0 radical (unpaired) electrons. The number of carbonyl (C=O) groups is 2. The van der Waals surface area contributed by atoms with Crippen molar-refractivity contribution >= 4 is 43.7 Å². The van der Waals surface area contributed by atoms with E-state index in [1.165, 1.54) is 0 Å². The van der Waals surface area contributed by atoms with Gasteiger partial charge in [-0.3, -0.25) is 9.59 Å². The van der Waals surface area contributed by atoms with Gasteiger partial charge in [-0.2, -0.15) is 0 Å². The summed E-state index contributed by atoms with van der Waals surface area (Å²) in [4.78, 5) is 23.1. The molecule has 0 aromatic carbocycles. The van der Waals surface area contributed by atoms with Crippen LogP contribution in [0.5, 0.6) is 0 Å². The average Bonchev–Trinajstić information content (AvgIpc) is 2.67. The molecule has 2 bridgehead atoms. The lowest BCUT2D eigenvalue weighted by atomic mass is 9.73. The van der Waals surface area contributed by atoms with Crippen LogP contribution in [0.2, 0.25) is 0 Å². The van der Waals surface area contributed by atoms with Gasteiger partial charge in [0.2, 0.25) is 11.8 Å². The Hall–Kier alpha value is -0.100. The Morgan fingerprint density at radius 3 is 2.27 bits per heavy atom. The van der Waals surface area contributed by atoms with Gasteiger partial charge in [0.1, 0.15) is 4.32 Å². The molecule has 2 aliphatic rings. The molecule has 0 spiro atoms. The van der Waals surface area contributed by atoms with Gasteiger partial charge in [-0.25, -0.2) is 0 Å². The van der Waals surface area contributed by atoms with Gasteiger partial charge in [0.05, 0.1) is 5.41 Å². The van der Waals surface area contributed by atoms with E-state index in [4.69, 9.17) is 11.5 Å². The van der Waals surface area contributed by atoms with E-state index in [0.29, 0.717) is 18.8 Å². The molecule has 0 saturated heterocycles. The van der Waals surface area contributed by atoms with Crippen LogP contribution in [0.1, 0.15) is 19.3 Å². The number of amides is 2. The molecule has 2 rings (SSSR count). The van der Waals surface area contributed by atoms with Crippen molar-refractivity contribution in [3.05, 3.63) is 0 Å². The molecule has 4 N–H and O–H groups in total. The largest absolute Gasteiger partial charge is 0.369 e. The fourth-order valence-corrected chi connectivity index (χ4v) is 5.07. The normalized spacial score (nSPS) is 48.1. The first-order valence-corrected chi connectivity index (χ1v) is 6.50. The Kier molecular flexibility index (Phi) is 2.43. The number of hydrogen-bond acceptors (Lipinski definition) is 2. The van der Waals surface area contributed by atoms with Crippen LogP contribution in [0, 0.1) is 11.3 Å². The molecule has 2 saturated carbocycles. The van der Waals surface area contributed by atoms with Crippen LogP contribution < -0.4 is 11.5 Å². The Morgan fingerprint density at radius 2 is 1.87 bits per heavy atom. The summed E-state index contributed by atoms with van der Waals surface area (Å²) in [5.74, 6) is -0.641. The molecular weight excluding hydrogens is 328 g/mol. The second kappa shape index (κ2) is 3.20. The third kappa shape index (κ3) is 1.12. The second-order valence-electron chi connectivity index (χ2n) is 4.43. The van der Waals surface area contributed by atoms with Crippen molar-refractivity contribution in [1.29, 1.82) is 0 Å². The first-order chi connectivity index (χ1) is 6.86. The lowest BCUT2D eigenvalue weighted by Gasteiger charge is -2.40. The van der Waals surface area contributed by atoms with Crippen LogP contribution in [0.25, 0.3) is 0 Å². The molecule has 0 heterocycles. The maximum Gasteiger partial charge on any atom is 0.236 e. The number of hydrogen-bond donors (Lipinski definition) is 2. The third-order valence-electron chi connectivity index (χ3n) is 3.87. The minimum absolute atomic E-state index is 0.108. The average molecular weight is 340 g/mol. The summed E-state index contributed by atoms with van der Waals surface area (Å²) < 4.78 is -1.02. The van der Waals surface area contributed by atoms with Crippen LogP contribution in [0.4, 0.5) is 0 Å². The van der Waals surface area contributed by atoms with Crippen LogP contribution in [0.15, 0.2) is 0 Å². The number of nitrogens with two attached hydrogens (primary N) is 2. The van der Waals surface area contributed by atoms with Crippen molar-refractivity contribution in [2.24, 2.45) is 22.8 Å². The van der Waals surface area contributed by atoms with Gasteiger partial charge >= 0.3 is 0 Å². The Balaban J connectivity index is 2.54. The van der Waals surface area contributed by atoms with E-state index in [9.17, 15) is 9.59 Å². The maximum absolute atomic E-state index is 11.6. The third-order valence-corrected chi connectivity index (χ3v) is 7.56. The van der Waals surface area contributed by atoms with Gasteiger partial charge in [0.25, 0.3) is 0 Å². The van der Waals surface area contributed by atoms with Gasteiger partial charge < -0.3 is 11.5 Å². The summed E-state index contributed by atoms with van der Waals surface area (Å²) >= 11 is 6.83. The van der Waals surface area contributed by atoms with Crippen molar-refractivity contribution in [2.75, 3.05) is 0 Å². The fraction of sp³-hybridized carbons (Fsp3) is 0.778. The molecule has 2 amide bonds. The summed E-state index contributed by atoms with van der Waals surface area (Å²) in [6, 6.07) is 0. The van der Waals surface area contributed by atoms with Crippen molar-refractivity contribution in [2.45, 2.75) is 28.4 Å². The number of rotatable bonds is 2. The van der Waals surface area contributed by atoms with Crippen molar-refractivity contribution in [3.8, 4) is 0 Å². The predicted octanol–water partition coefficient (Wildman–Crippen LogP) is 0.654. The van der Waals surface area contributed by atoms with Gasteiger partial charge in [-0.1, -0.05) is 31.9 Å². The van der Waals surface area contributed by atoms with Gasteiger partial charge in [-0.05, 0) is 25.2 Å². The molecule has 2 aliphatic carbocycles. The SMILES string of the molecule is NC(=O)C12CCC(C1)C(Br)C2(Br)C(N)=O. The summed E-state index contributed by atoms with van der Waals surface area (Å²) in [5, 5.41) is 0. The van der Waals surface area contributed by atoms with Gasteiger partial charge in [0, 0.05) is 4.83 Å². The Labute approximate surface area is 104 Å². The highest BCUT2D eigenvalue weighted by atomic mass is 79.9. The molecule has 0 aromatic rings. The van der Waals surface area contributed by atoms with Gasteiger partial charge in [0.15, 0.2) is 0 Å². The molecule has 84 valence electrons. The molecule has 4 unspecified atom stereocenters. The highest BCUT2D eigenvalue weighted by molar-refractivity contribution is 9.13. The first-order valence-electron chi connectivity index (χ1n) is 4.79. The molecule has 0 aliphatic heterocycles. The number of primary amides is 2. The molecule has 4 nitrogen and oxygen atoms in total. The minimum Gasteiger partial charge on any atom is -0.369 e. The van der Waals surface area contributed by atoms with Crippen LogP contribution in [0.3, 0.4) is 0 Å². The zero-order valence-electron chi connectivity index (χ0n) is 8.00. The lowest BCUT2D eigenvalue weighted by Crippen LogP contribution is -2.59. The van der Waals surface area contributed by atoms with Crippen LogP contribution in [-0.2, 0) is 9.59 Å². The molecule has 15 heavy (non-hydrogen) atoms. The number of alkyl halides is 2. The van der Waals surface area contributed by atoms with E-state index >= 15 is 0 Å². The zero-order valence-corrected chi connectivity index (χ0v) is 11.2. The highest BCUT2D eigenvalue weighted by Gasteiger charge is 2.71. The molecular formula is C9H12Br2N2O2. The van der Waals surface area contributed by atoms with E-state index < -0.39 is 21.6 Å². The van der Waals surface area contributed by atoms with Crippen molar-refractivity contribution in [1.82, 2.24) is 0 Å². The molecule has 4 atom stereocenters. The number of fused-ring (bicyclic) bond motifs is 2. The van der Waals surface area contributed by atoms with E-state index in [1.54, 1.807) is 0 Å². The molecule has 2 fully saturated rings. The van der Waals surface area contributed by atoms with E-state index in [-0.39, 0.29) is 4.83 Å². The smallest absolute Gasteiger partial charge is 0.236 e.